The number of aromatic amines is 1. The molecule has 4 rings (SSSR count). The van der Waals surface area contributed by atoms with E-state index in [9.17, 15) is 4.79 Å². The molecule has 4 N–H and O–H groups in total. The van der Waals surface area contributed by atoms with E-state index in [4.69, 9.17) is 5.73 Å². The number of nitrogens with two attached hydrogens (primary N) is 1. The van der Waals surface area contributed by atoms with E-state index in [2.05, 4.69) is 20.5 Å². The summed E-state index contributed by atoms with van der Waals surface area (Å²) in [7, 11) is 0. The zero-order valence-electron chi connectivity index (χ0n) is 13.3. The van der Waals surface area contributed by atoms with Crippen molar-refractivity contribution in [1.82, 2.24) is 19.6 Å². The zero-order chi connectivity index (χ0) is 17.2. The number of rotatable bonds is 4. The molecular weight excluding hydrogens is 316 g/mol. The maximum absolute atomic E-state index is 12.2. The number of nitrogens with one attached hydrogen (secondary N) is 2. The molecule has 0 bridgehead atoms. The standard InChI is InChI=1S/C18H16N6O/c19-9-14-8-15(23-22-14)18(25)20-13-6-7-17-21-16(11-24(17)10-13)12-4-2-1-3-5-12/h1-8,10-11H,9,19H2,(H,20,25)(H,22,23). The molecule has 7 heteroatoms. The first kappa shape index (κ1) is 15.1. The van der Waals surface area contributed by atoms with Crippen LogP contribution in [0.25, 0.3) is 16.9 Å². The number of fused-ring (bicyclic) bond motifs is 1. The summed E-state index contributed by atoms with van der Waals surface area (Å²) >= 11 is 0. The van der Waals surface area contributed by atoms with E-state index in [-0.39, 0.29) is 5.91 Å². The smallest absolute Gasteiger partial charge is 0.276 e. The third kappa shape index (κ3) is 3.00. The van der Waals surface area contributed by atoms with Gasteiger partial charge >= 0.3 is 0 Å². The molecule has 0 aliphatic carbocycles. The number of benzene rings is 1. The fourth-order valence-corrected chi connectivity index (χ4v) is 2.59. The van der Waals surface area contributed by atoms with Crippen molar-refractivity contribution < 1.29 is 4.79 Å². The van der Waals surface area contributed by atoms with Crippen LogP contribution in [-0.4, -0.2) is 25.5 Å². The number of H-pyrrole nitrogens is 1. The van der Waals surface area contributed by atoms with E-state index < -0.39 is 0 Å². The second-order valence-corrected chi connectivity index (χ2v) is 5.61. The van der Waals surface area contributed by atoms with Crippen molar-refractivity contribution in [3.05, 3.63) is 72.3 Å². The summed E-state index contributed by atoms with van der Waals surface area (Å²) in [6.45, 7) is 0.309. The molecule has 0 atom stereocenters. The van der Waals surface area contributed by atoms with Crippen LogP contribution in [0.5, 0.6) is 0 Å². The fraction of sp³-hybridized carbons (Fsp3) is 0.0556. The van der Waals surface area contributed by atoms with Crippen LogP contribution in [0.1, 0.15) is 16.2 Å². The van der Waals surface area contributed by atoms with Gasteiger partial charge in [-0.3, -0.25) is 9.89 Å². The summed E-state index contributed by atoms with van der Waals surface area (Å²) in [5, 5.41) is 9.50. The lowest BCUT2D eigenvalue weighted by atomic mass is 10.2. The van der Waals surface area contributed by atoms with Gasteiger partial charge in [0.25, 0.3) is 5.91 Å². The Morgan fingerprint density at radius 3 is 2.76 bits per heavy atom. The van der Waals surface area contributed by atoms with Crippen molar-refractivity contribution in [1.29, 1.82) is 0 Å². The van der Waals surface area contributed by atoms with Gasteiger partial charge in [-0.2, -0.15) is 5.10 Å². The Labute approximate surface area is 143 Å². The fourth-order valence-electron chi connectivity index (χ4n) is 2.59. The Hall–Kier alpha value is -3.45. The lowest BCUT2D eigenvalue weighted by molar-refractivity contribution is 0.102. The average Bonchev–Trinajstić information content (AvgIpc) is 3.29. The van der Waals surface area contributed by atoms with Gasteiger partial charge in [-0.1, -0.05) is 30.3 Å². The van der Waals surface area contributed by atoms with Crippen molar-refractivity contribution in [2.24, 2.45) is 5.73 Å². The zero-order valence-corrected chi connectivity index (χ0v) is 13.3. The van der Waals surface area contributed by atoms with Crippen LogP contribution in [0.3, 0.4) is 0 Å². The quantitative estimate of drug-likeness (QED) is 0.534. The average molecular weight is 332 g/mol. The third-order valence-electron chi connectivity index (χ3n) is 3.86. The van der Waals surface area contributed by atoms with Crippen molar-refractivity contribution in [3.8, 4) is 11.3 Å². The van der Waals surface area contributed by atoms with Gasteiger partial charge in [-0.05, 0) is 18.2 Å². The number of pyridine rings is 1. The number of amides is 1. The molecule has 1 aromatic carbocycles. The van der Waals surface area contributed by atoms with Crippen LogP contribution in [-0.2, 0) is 6.54 Å². The highest BCUT2D eigenvalue weighted by Crippen LogP contribution is 2.20. The SMILES string of the molecule is NCc1cc(C(=O)Nc2ccc3nc(-c4ccccc4)cn3c2)n[nH]1. The van der Waals surface area contributed by atoms with Gasteiger partial charge in [0.05, 0.1) is 11.4 Å². The topological polar surface area (TPSA) is 101 Å². The van der Waals surface area contributed by atoms with Gasteiger partial charge < -0.3 is 15.5 Å². The number of nitrogens with zero attached hydrogens (tertiary/aromatic N) is 3. The molecule has 3 aromatic heterocycles. The first-order valence-corrected chi connectivity index (χ1v) is 7.83. The molecule has 0 saturated heterocycles. The molecule has 0 radical (unpaired) electrons. The summed E-state index contributed by atoms with van der Waals surface area (Å²) in [4.78, 5) is 16.8. The molecule has 0 spiro atoms. The Balaban J connectivity index is 1.59. The molecule has 7 nitrogen and oxygen atoms in total. The number of hydrogen-bond donors (Lipinski definition) is 3. The predicted molar refractivity (Wildman–Crippen MR) is 95.1 cm³/mol. The van der Waals surface area contributed by atoms with E-state index in [1.54, 1.807) is 6.07 Å². The monoisotopic (exact) mass is 332 g/mol. The highest BCUT2D eigenvalue weighted by Gasteiger charge is 2.11. The first-order valence-electron chi connectivity index (χ1n) is 7.83. The van der Waals surface area contributed by atoms with Crippen molar-refractivity contribution >= 4 is 17.2 Å². The van der Waals surface area contributed by atoms with Crippen molar-refractivity contribution in [3.63, 3.8) is 0 Å². The highest BCUT2D eigenvalue weighted by atomic mass is 16.1. The molecule has 0 aliphatic heterocycles. The third-order valence-corrected chi connectivity index (χ3v) is 3.86. The Kier molecular flexibility index (Phi) is 3.75. The van der Waals surface area contributed by atoms with Crippen LogP contribution in [0.15, 0.2) is 60.9 Å². The maximum atomic E-state index is 12.2. The lowest BCUT2D eigenvalue weighted by Gasteiger charge is -2.03. The van der Waals surface area contributed by atoms with Gasteiger partial charge in [-0.25, -0.2) is 4.98 Å². The number of carbonyl (C=O) groups excluding carboxylic acids is 1. The van der Waals surface area contributed by atoms with Crippen LogP contribution in [0.4, 0.5) is 5.69 Å². The van der Waals surface area contributed by atoms with Gasteiger partial charge in [0.2, 0.25) is 0 Å². The molecule has 4 aromatic rings. The van der Waals surface area contributed by atoms with Crippen LogP contribution in [0, 0.1) is 0 Å². The van der Waals surface area contributed by atoms with Gasteiger partial charge in [-0.15, -0.1) is 0 Å². The molecule has 0 fully saturated rings. The van der Waals surface area contributed by atoms with Crippen LogP contribution < -0.4 is 11.1 Å². The minimum Gasteiger partial charge on any atom is -0.325 e. The summed E-state index contributed by atoms with van der Waals surface area (Å²) in [5.74, 6) is -0.293. The lowest BCUT2D eigenvalue weighted by Crippen LogP contribution is -2.12. The second-order valence-electron chi connectivity index (χ2n) is 5.61. The summed E-state index contributed by atoms with van der Waals surface area (Å²) in [5.41, 5.74) is 9.92. The summed E-state index contributed by atoms with van der Waals surface area (Å²) in [6.07, 6.45) is 3.75. The van der Waals surface area contributed by atoms with E-state index in [0.717, 1.165) is 16.9 Å². The normalized spacial score (nSPS) is 10.9. The number of aromatic nitrogens is 4. The van der Waals surface area contributed by atoms with Gasteiger partial charge in [0, 0.05) is 30.2 Å². The van der Waals surface area contributed by atoms with Crippen LogP contribution in [0.2, 0.25) is 0 Å². The van der Waals surface area contributed by atoms with Gasteiger partial charge in [0.15, 0.2) is 5.69 Å². The number of hydrogen-bond acceptors (Lipinski definition) is 4. The minimum absolute atomic E-state index is 0.293. The number of carbonyl (C=O) groups is 1. The Bertz CT molecular complexity index is 1030. The molecule has 0 aliphatic rings. The molecule has 124 valence electrons. The van der Waals surface area contributed by atoms with Gasteiger partial charge in [0.1, 0.15) is 5.65 Å². The molecular formula is C18H16N6O. The second kappa shape index (κ2) is 6.21. The highest BCUT2D eigenvalue weighted by molar-refractivity contribution is 6.02. The van der Waals surface area contributed by atoms with E-state index in [1.807, 2.05) is 59.3 Å². The first-order chi connectivity index (χ1) is 12.2. The Morgan fingerprint density at radius 1 is 1.16 bits per heavy atom. The molecule has 3 heterocycles. The van der Waals surface area contributed by atoms with Crippen molar-refractivity contribution in [2.75, 3.05) is 5.32 Å². The van der Waals surface area contributed by atoms with Crippen LogP contribution >= 0.6 is 0 Å². The van der Waals surface area contributed by atoms with Crippen molar-refractivity contribution in [2.45, 2.75) is 6.54 Å². The molecule has 25 heavy (non-hydrogen) atoms. The maximum Gasteiger partial charge on any atom is 0.276 e. The largest absolute Gasteiger partial charge is 0.325 e. The van der Waals surface area contributed by atoms with E-state index in [0.29, 0.717) is 23.6 Å². The molecule has 0 saturated carbocycles. The van der Waals surface area contributed by atoms with E-state index >= 15 is 0 Å². The number of imidazole rings is 1. The molecule has 1 amide bonds. The predicted octanol–water partition coefficient (Wildman–Crippen LogP) is 2.44. The Morgan fingerprint density at radius 2 is 2.00 bits per heavy atom. The summed E-state index contributed by atoms with van der Waals surface area (Å²) in [6, 6.07) is 15.3. The van der Waals surface area contributed by atoms with E-state index in [1.165, 1.54) is 0 Å². The number of anilines is 1. The minimum atomic E-state index is -0.293. The summed E-state index contributed by atoms with van der Waals surface area (Å²) < 4.78 is 1.88. The molecule has 0 unspecified atom stereocenters.